The van der Waals surface area contributed by atoms with Gasteiger partial charge < -0.3 is 12.2 Å². The van der Waals surface area contributed by atoms with Gasteiger partial charge in [-0.3, -0.25) is 0 Å². The number of hydrogen-bond donors (Lipinski definition) is 0. The number of halogens is 1. The van der Waals surface area contributed by atoms with Gasteiger partial charge in [0, 0.05) is 0 Å². The van der Waals surface area contributed by atoms with Crippen molar-refractivity contribution in [3.8, 4) is 5.75 Å². The zero-order chi connectivity index (χ0) is 9.68. The molecule has 0 spiro atoms. The van der Waals surface area contributed by atoms with E-state index in [0.717, 1.165) is 24.8 Å². The molecule has 0 aliphatic carbocycles. The Balaban J connectivity index is 0. The van der Waals surface area contributed by atoms with Crippen LogP contribution in [-0.4, -0.2) is 0 Å². The number of unbranched alkanes of at least 4 members (excludes halogenated alkanes) is 1. The largest absolute Gasteiger partial charge is 2.00 e. The molecular weight excluding hydrogens is 417 g/mol. The van der Waals surface area contributed by atoms with E-state index in [-0.39, 0.29) is 44.4 Å². The quantitative estimate of drug-likeness (QED) is 0.656. The van der Waals surface area contributed by atoms with E-state index in [9.17, 15) is 4.39 Å². The maximum Gasteiger partial charge on any atom is 2.00 e. The molecular formula is C12H17FOU. The summed E-state index contributed by atoms with van der Waals surface area (Å²) in [6.07, 6.45) is 2.98. The van der Waals surface area contributed by atoms with E-state index in [2.05, 4.69) is 14.0 Å². The molecule has 0 amide bonds. The van der Waals surface area contributed by atoms with Crippen LogP contribution < -0.4 is 4.74 Å². The van der Waals surface area contributed by atoms with Crippen LogP contribution in [0.2, 0.25) is 0 Å². The molecule has 0 saturated heterocycles. The Morgan fingerprint density at radius 2 is 2.07 bits per heavy atom. The van der Waals surface area contributed by atoms with Crippen molar-refractivity contribution in [3.63, 3.8) is 0 Å². The maximum atomic E-state index is 12.8. The molecule has 1 aromatic rings. The van der Waals surface area contributed by atoms with Crippen LogP contribution in [0.4, 0.5) is 4.39 Å². The van der Waals surface area contributed by atoms with Crippen molar-refractivity contribution in [1.82, 2.24) is 0 Å². The number of ether oxygens (including phenoxy) is 1. The molecule has 0 fully saturated rings. The maximum absolute atomic E-state index is 12.8. The molecule has 0 aliphatic heterocycles. The van der Waals surface area contributed by atoms with Gasteiger partial charge in [0.1, 0.15) is 5.82 Å². The number of aryl methyl sites for hydroxylation is 1. The topological polar surface area (TPSA) is 9.23 Å². The minimum Gasteiger partial charge on any atom is -0.665 e. The standard InChI is InChI=1S/C11H14FO.CH3.U/c1-3-4-5-9-8-10(12)6-7-11(9)13-2;;/h6-8H,2-5H2,1H3;1H3;/q2*-1;+2. The Labute approximate surface area is 116 Å². The molecule has 0 unspecified atom stereocenters. The predicted molar refractivity (Wildman–Crippen MR) is 57.4 cm³/mol. The molecule has 1 rings (SSSR count). The molecule has 0 aromatic heterocycles. The summed E-state index contributed by atoms with van der Waals surface area (Å²) >= 11 is 0. The van der Waals surface area contributed by atoms with Crippen LogP contribution in [0.25, 0.3) is 0 Å². The average molecular weight is 434 g/mol. The molecule has 3 heteroatoms. The van der Waals surface area contributed by atoms with Gasteiger partial charge in [-0.1, -0.05) is 13.3 Å². The summed E-state index contributed by atoms with van der Waals surface area (Å²) in [5.41, 5.74) is 0.900. The fourth-order valence-electron chi connectivity index (χ4n) is 1.25. The van der Waals surface area contributed by atoms with Crippen LogP contribution >= 0.6 is 0 Å². The van der Waals surface area contributed by atoms with E-state index in [1.165, 1.54) is 12.1 Å². The van der Waals surface area contributed by atoms with Crippen molar-refractivity contribution in [2.45, 2.75) is 26.2 Å². The number of hydrogen-bond acceptors (Lipinski definition) is 1. The summed E-state index contributed by atoms with van der Waals surface area (Å²) in [6.45, 7) is 2.10. The van der Waals surface area contributed by atoms with Crippen molar-refractivity contribution in [3.05, 3.63) is 44.1 Å². The van der Waals surface area contributed by atoms with Crippen LogP contribution in [0.5, 0.6) is 5.75 Å². The first kappa shape index (κ1) is 17.4. The van der Waals surface area contributed by atoms with E-state index in [1.54, 1.807) is 6.07 Å². The molecule has 1 aromatic carbocycles. The molecule has 0 aliphatic rings. The first-order valence-corrected chi connectivity index (χ1v) is 4.48. The van der Waals surface area contributed by atoms with Gasteiger partial charge in [0.15, 0.2) is 0 Å². The van der Waals surface area contributed by atoms with Crippen LogP contribution in [0.3, 0.4) is 0 Å². The summed E-state index contributed by atoms with van der Waals surface area (Å²) in [6, 6.07) is 4.51. The van der Waals surface area contributed by atoms with Crippen molar-refractivity contribution in [2.75, 3.05) is 0 Å². The van der Waals surface area contributed by atoms with E-state index in [1.807, 2.05) is 0 Å². The van der Waals surface area contributed by atoms with E-state index < -0.39 is 0 Å². The third-order valence-corrected chi connectivity index (χ3v) is 1.98. The number of rotatable bonds is 4. The van der Waals surface area contributed by atoms with Gasteiger partial charge in [-0.05, 0) is 36.6 Å². The van der Waals surface area contributed by atoms with Crippen molar-refractivity contribution in [2.24, 2.45) is 0 Å². The molecule has 82 valence electrons. The van der Waals surface area contributed by atoms with Gasteiger partial charge >= 0.3 is 31.1 Å². The fourth-order valence-corrected chi connectivity index (χ4v) is 1.25. The van der Waals surface area contributed by atoms with Crippen LogP contribution in [0.1, 0.15) is 25.3 Å². The van der Waals surface area contributed by atoms with Crippen molar-refractivity contribution in [1.29, 1.82) is 0 Å². The van der Waals surface area contributed by atoms with Gasteiger partial charge in [-0.15, -0.1) is 0 Å². The van der Waals surface area contributed by atoms with E-state index >= 15 is 0 Å². The summed E-state index contributed by atoms with van der Waals surface area (Å²) in [5, 5.41) is 0. The molecule has 0 N–H and O–H groups in total. The van der Waals surface area contributed by atoms with Gasteiger partial charge in [0.25, 0.3) is 0 Å². The Morgan fingerprint density at radius 3 is 2.60 bits per heavy atom. The van der Waals surface area contributed by atoms with E-state index in [4.69, 9.17) is 4.74 Å². The SMILES string of the molecule is [CH2-]Oc1ccc(F)cc1CCCC.[CH3-].[U+2]. The van der Waals surface area contributed by atoms with Gasteiger partial charge in [0.05, 0.1) is 5.75 Å². The minimum atomic E-state index is -0.216. The van der Waals surface area contributed by atoms with Crippen molar-refractivity contribution < 1.29 is 40.2 Å². The smallest absolute Gasteiger partial charge is 0.665 e. The molecule has 0 atom stereocenters. The van der Waals surface area contributed by atoms with Gasteiger partial charge in [0.2, 0.25) is 0 Å². The van der Waals surface area contributed by atoms with Crippen molar-refractivity contribution >= 4 is 0 Å². The average Bonchev–Trinajstić information content (AvgIpc) is 2.15. The van der Waals surface area contributed by atoms with E-state index in [0.29, 0.717) is 5.75 Å². The Morgan fingerprint density at radius 1 is 1.40 bits per heavy atom. The monoisotopic (exact) mass is 434 g/mol. The normalized spacial score (nSPS) is 8.73. The van der Waals surface area contributed by atoms with Crippen LogP contribution in [0, 0.1) is 51.5 Å². The first-order chi connectivity index (χ1) is 6.27. The second-order valence-corrected chi connectivity index (χ2v) is 3.00. The third kappa shape index (κ3) is 5.59. The van der Waals surface area contributed by atoms with Gasteiger partial charge in [-0.2, -0.15) is 7.11 Å². The first-order valence-electron chi connectivity index (χ1n) is 4.48. The molecule has 1 nitrogen and oxygen atoms in total. The Bertz CT molecular complexity index is 276. The zero-order valence-electron chi connectivity index (χ0n) is 9.35. The molecule has 0 heterocycles. The van der Waals surface area contributed by atoms with Crippen LogP contribution in [0.15, 0.2) is 18.2 Å². The second kappa shape index (κ2) is 9.24. The molecule has 15 heavy (non-hydrogen) atoms. The summed E-state index contributed by atoms with van der Waals surface area (Å²) < 4.78 is 17.7. The third-order valence-electron chi connectivity index (χ3n) is 1.98. The summed E-state index contributed by atoms with van der Waals surface area (Å²) in [5.74, 6) is 0.460. The Hall–Kier alpha value is 0.00195. The second-order valence-electron chi connectivity index (χ2n) is 3.00. The summed E-state index contributed by atoms with van der Waals surface area (Å²) in [7, 11) is 3.33. The zero-order valence-corrected chi connectivity index (χ0v) is 13.5. The van der Waals surface area contributed by atoms with Crippen LogP contribution in [-0.2, 0) is 6.42 Å². The summed E-state index contributed by atoms with van der Waals surface area (Å²) in [4.78, 5) is 0. The van der Waals surface area contributed by atoms with Gasteiger partial charge in [-0.25, -0.2) is 4.39 Å². The Kier molecular flexibility index (Phi) is 10.7. The predicted octanol–water partition coefficient (Wildman–Crippen LogP) is 3.79. The molecule has 0 bridgehead atoms. The fraction of sp³-hybridized carbons (Fsp3) is 0.333. The number of benzene rings is 1. The molecule has 0 saturated carbocycles. The minimum absolute atomic E-state index is 0. The molecule has 0 radical (unpaired) electrons.